The maximum Gasteiger partial charge on any atom is 0.191 e. The third-order valence-electron chi connectivity index (χ3n) is 3.05. The summed E-state index contributed by atoms with van der Waals surface area (Å²) in [6.45, 7) is 7.83. The minimum Gasteiger partial charge on any atom is -0.379 e. The van der Waals surface area contributed by atoms with Crippen molar-refractivity contribution in [2.24, 2.45) is 10.9 Å². The standard InChI is InChI=1S/C13H27N3OS.HI/c1-13(2,18-4)10-16-12(14-3)15-7-8-17-9-11-5-6-11;/h11H,5-10H2,1-4H3,(H2,14,15,16);1H. The van der Waals surface area contributed by atoms with Crippen LogP contribution in [-0.2, 0) is 4.74 Å². The van der Waals surface area contributed by atoms with E-state index in [-0.39, 0.29) is 28.7 Å². The Morgan fingerprint density at radius 2 is 2.05 bits per heavy atom. The van der Waals surface area contributed by atoms with E-state index in [9.17, 15) is 0 Å². The summed E-state index contributed by atoms with van der Waals surface area (Å²) in [6, 6.07) is 0. The number of thioether (sulfide) groups is 1. The first-order chi connectivity index (χ1) is 8.57. The maximum atomic E-state index is 5.57. The van der Waals surface area contributed by atoms with Crippen LogP contribution in [0.15, 0.2) is 4.99 Å². The highest BCUT2D eigenvalue weighted by molar-refractivity contribution is 14.0. The maximum absolute atomic E-state index is 5.57. The van der Waals surface area contributed by atoms with Crippen molar-refractivity contribution in [3.63, 3.8) is 0 Å². The van der Waals surface area contributed by atoms with Gasteiger partial charge < -0.3 is 15.4 Å². The van der Waals surface area contributed by atoms with E-state index in [2.05, 4.69) is 35.7 Å². The molecule has 0 spiro atoms. The molecule has 0 aliphatic heterocycles. The molecule has 0 aromatic heterocycles. The first-order valence-electron chi connectivity index (χ1n) is 6.65. The molecular formula is C13H28IN3OS. The summed E-state index contributed by atoms with van der Waals surface area (Å²) in [7, 11) is 1.80. The lowest BCUT2D eigenvalue weighted by atomic mass is 10.2. The highest BCUT2D eigenvalue weighted by Gasteiger charge is 2.20. The second kappa shape index (κ2) is 10.1. The molecule has 0 unspecified atom stereocenters. The van der Waals surface area contributed by atoms with Gasteiger partial charge in [-0.2, -0.15) is 11.8 Å². The van der Waals surface area contributed by atoms with Crippen LogP contribution in [0.4, 0.5) is 0 Å². The molecule has 6 heteroatoms. The number of halogens is 1. The molecule has 4 nitrogen and oxygen atoms in total. The van der Waals surface area contributed by atoms with Crippen LogP contribution in [0, 0.1) is 5.92 Å². The van der Waals surface area contributed by atoms with Crippen molar-refractivity contribution < 1.29 is 4.74 Å². The largest absolute Gasteiger partial charge is 0.379 e. The van der Waals surface area contributed by atoms with Gasteiger partial charge in [-0.1, -0.05) is 0 Å². The number of ether oxygens (including phenoxy) is 1. The predicted molar refractivity (Wildman–Crippen MR) is 95.9 cm³/mol. The van der Waals surface area contributed by atoms with Crippen molar-refractivity contribution in [1.29, 1.82) is 0 Å². The summed E-state index contributed by atoms with van der Waals surface area (Å²) in [5.41, 5.74) is 0. The number of aliphatic imine (C=N–C) groups is 1. The number of hydrogen-bond acceptors (Lipinski definition) is 3. The fraction of sp³-hybridized carbons (Fsp3) is 0.923. The summed E-state index contributed by atoms with van der Waals surface area (Å²) < 4.78 is 5.79. The zero-order valence-electron chi connectivity index (χ0n) is 12.5. The van der Waals surface area contributed by atoms with Gasteiger partial charge in [-0.25, -0.2) is 0 Å². The van der Waals surface area contributed by atoms with Crippen LogP contribution in [0.1, 0.15) is 26.7 Å². The lowest BCUT2D eigenvalue weighted by Gasteiger charge is -2.23. The molecule has 0 amide bonds. The topological polar surface area (TPSA) is 45.7 Å². The molecule has 0 bridgehead atoms. The minimum atomic E-state index is 0. The Balaban J connectivity index is 0.00000324. The third-order valence-corrected chi connectivity index (χ3v) is 4.30. The van der Waals surface area contributed by atoms with Crippen LogP contribution in [0.25, 0.3) is 0 Å². The van der Waals surface area contributed by atoms with Gasteiger partial charge >= 0.3 is 0 Å². The molecule has 0 saturated heterocycles. The van der Waals surface area contributed by atoms with Gasteiger partial charge in [-0.3, -0.25) is 4.99 Å². The van der Waals surface area contributed by atoms with Crippen LogP contribution in [0.3, 0.4) is 0 Å². The summed E-state index contributed by atoms with van der Waals surface area (Å²) in [5, 5.41) is 6.60. The monoisotopic (exact) mass is 401 g/mol. The first-order valence-corrected chi connectivity index (χ1v) is 7.87. The molecule has 19 heavy (non-hydrogen) atoms. The smallest absolute Gasteiger partial charge is 0.191 e. The number of hydrogen-bond donors (Lipinski definition) is 2. The van der Waals surface area contributed by atoms with Crippen molar-refractivity contribution in [2.75, 3.05) is 39.6 Å². The van der Waals surface area contributed by atoms with Crippen LogP contribution in [0.2, 0.25) is 0 Å². The molecule has 0 atom stereocenters. The number of nitrogens with one attached hydrogen (secondary N) is 2. The Hall–Kier alpha value is 0.310. The molecule has 1 rings (SSSR count). The van der Waals surface area contributed by atoms with E-state index in [0.29, 0.717) is 0 Å². The quantitative estimate of drug-likeness (QED) is 0.284. The van der Waals surface area contributed by atoms with Crippen LogP contribution in [0.5, 0.6) is 0 Å². The number of nitrogens with zero attached hydrogens (tertiary/aromatic N) is 1. The molecule has 1 saturated carbocycles. The van der Waals surface area contributed by atoms with Gasteiger partial charge in [0.15, 0.2) is 5.96 Å². The lowest BCUT2D eigenvalue weighted by Crippen LogP contribution is -2.44. The van der Waals surface area contributed by atoms with Gasteiger partial charge in [-0.15, -0.1) is 24.0 Å². The van der Waals surface area contributed by atoms with Crippen molar-refractivity contribution in [2.45, 2.75) is 31.4 Å². The van der Waals surface area contributed by atoms with E-state index in [4.69, 9.17) is 4.74 Å². The summed E-state index contributed by atoms with van der Waals surface area (Å²) >= 11 is 1.85. The lowest BCUT2D eigenvalue weighted by molar-refractivity contribution is 0.129. The molecule has 0 radical (unpaired) electrons. The fourth-order valence-corrected chi connectivity index (χ4v) is 1.58. The molecule has 1 aliphatic carbocycles. The van der Waals surface area contributed by atoms with Gasteiger partial charge in [0.2, 0.25) is 0 Å². The molecule has 0 heterocycles. The molecule has 1 aliphatic rings. The Labute approximate surface area is 138 Å². The first kappa shape index (κ1) is 19.3. The van der Waals surface area contributed by atoms with E-state index in [0.717, 1.165) is 38.2 Å². The van der Waals surface area contributed by atoms with Gasteiger partial charge in [0.25, 0.3) is 0 Å². The summed E-state index contributed by atoms with van der Waals surface area (Å²) in [5.74, 6) is 1.69. The highest BCUT2D eigenvalue weighted by atomic mass is 127. The zero-order valence-corrected chi connectivity index (χ0v) is 15.6. The zero-order chi connectivity index (χ0) is 13.4. The van der Waals surface area contributed by atoms with E-state index >= 15 is 0 Å². The Bertz CT molecular complexity index is 271. The van der Waals surface area contributed by atoms with Gasteiger partial charge in [0.1, 0.15) is 0 Å². The van der Waals surface area contributed by atoms with Crippen molar-refractivity contribution in [3.05, 3.63) is 0 Å². The molecule has 0 aromatic carbocycles. The third kappa shape index (κ3) is 9.79. The van der Waals surface area contributed by atoms with Crippen molar-refractivity contribution in [1.82, 2.24) is 10.6 Å². The second-order valence-corrected chi connectivity index (χ2v) is 6.85. The average Bonchev–Trinajstić information content (AvgIpc) is 3.16. The van der Waals surface area contributed by atoms with E-state index in [1.165, 1.54) is 12.8 Å². The highest BCUT2D eigenvalue weighted by Crippen LogP contribution is 2.28. The Kier molecular flexibility index (Phi) is 10.3. The van der Waals surface area contributed by atoms with Crippen molar-refractivity contribution >= 4 is 41.7 Å². The van der Waals surface area contributed by atoms with Crippen LogP contribution >= 0.6 is 35.7 Å². The Morgan fingerprint density at radius 1 is 1.37 bits per heavy atom. The normalized spacial score (nSPS) is 15.9. The summed E-state index contributed by atoms with van der Waals surface area (Å²) in [6.07, 6.45) is 4.82. The summed E-state index contributed by atoms with van der Waals surface area (Å²) in [4.78, 5) is 4.20. The number of guanidine groups is 1. The molecule has 114 valence electrons. The van der Waals surface area contributed by atoms with E-state index in [1.807, 2.05) is 11.8 Å². The fourth-order valence-electron chi connectivity index (χ4n) is 1.37. The second-order valence-electron chi connectivity index (χ2n) is 5.33. The molecule has 2 N–H and O–H groups in total. The molecule has 1 fully saturated rings. The van der Waals surface area contributed by atoms with E-state index in [1.54, 1.807) is 7.05 Å². The molecular weight excluding hydrogens is 373 g/mol. The van der Waals surface area contributed by atoms with Gasteiger partial charge in [0, 0.05) is 31.5 Å². The minimum absolute atomic E-state index is 0. The van der Waals surface area contributed by atoms with Crippen molar-refractivity contribution in [3.8, 4) is 0 Å². The average molecular weight is 401 g/mol. The SMILES string of the molecule is CN=C(NCCOCC1CC1)NCC(C)(C)SC.I. The van der Waals surface area contributed by atoms with Gasteiger partial charge in [-0.05, 0) is 38.9 Å². The van der Waals surface area contributed by atoms with Crippen LogP contribution < -0.4 is 10.6 Å². The molecule has 0 aromatic rings. The van der Waals surface area contributed by atoms with E-state index < -0.39 is 0 Å². The number of rotatable bonds is 8. The van der Waals surface area contributed by atoms with Gasteiger partial charge in [0.05, 0.1) is 6.61 Å². The van der Waals surface area contributed by atoms with Crippen LogP contribution in [-0.4, -0.2) is 50.3 Å². The predicted octanol–water partition coefficient (Wildman–Crippen LogP) is 2.34. The Morgan fingerprint density at radius 3 is 2.58 bits per heavy atom.